The van der Waals surface area contributed by atoms with Crippen molar-refractivity contribution in [2.45, 2.75) is 27.2 Å². The van der Waals surface area contributed by atoms with Crippen LogP contribution in [0.15, 0.2) is 12.1 Å². The van der Waals surface area contributed by atoms with Crippen molar-refractivity contribution < 1.29 is 0 Å². The number of hydrogen-bond acceptors (Lipinski definition) is 2. The Hall–Kier alpha value is -1.51. The van der Waals surface area contributed by atoms with Crippen LogP contribution in [0.4, 0.5) is 5.69 Å². The Kier molecular flexibility index (Phi) is 1.95. The van der Waals surface area contributed by atoms with Crippen LogP contribution in [0.25, 0.3) is 5.65 Å². The lowest BCUT2D eigenvalue weighted by atomic mass is 10.2. The van der Waals surface area contributed by atoms with Crippen LogP contribution in [-0.4, -0.2) is 9.38 Å². The topological polar surface area (TPSA) is 43.3 Å². The molecule has 0 aliphatic heterocycles. The SMILES string of the molecule is CCc1c(C)nc2c(N)ccc(C)n12. The number of fused-ring (bicyclic) bond motifs is 1. The van der Waals surface area contributed by atoms with E-state index in [2.05, 4.69) is 23.2 Å². The number of aromatic nitrogens is 2. The Morgan fingerprint density at radius 2 is 2.07 bits per heavy atom. The van der Waals surface area contributed by atoms with Crippen LogP contribution in [0, 0.1) is 13.8 Å². The van der Waals surface area contributed by atoms with E-state index < -0.39 is 0 Å². The number of pyridine rings is 1. The molecule has 2 N–H and O–H groups in total. The first-order chi connectivity index (χ1) is 6.65. The summed E-state index contributed by atoms with van der Waals surface area (Å²) in [5.74, 6) is 0. The number of aryl methyl sites for hydroxylation is 3. The van der Waals surface area contributed by atoms with Gasteiger partial charge >= 0.3 is 0 Å². The average molecular weight is 189 g/mol. The van der Waals surface area contributed by atoms with Gasteiger partial charge in [0.1, 0.15) is 0 Å². The summed E-state index contributed by atoms with van der Waals surface area (Å²) in [5, 5.41) is 0. The average Bonchev–Trinajstić information content (AvgIpc) is 2.50. The van der Waals surface area contributed by atoms with Crippen molar-refractivity contribution in [2.24, 2.45) is 0 Å². The zero-order valence-corrected chi connectivity index (χ0v) is 8.83. The van der Waals surface area contributed by atoms with Gasteiger partial charge in [0.25, 0.3) is 0 Å². The summed E-state index contributed by atoms with van der Waals surface area (Å²) >= 11 is 0. The van der Waals surface area contributed by atoms with Gasteiger partial charge in [-0.1, -0.05) is 6.92 Å². The third-order valence-corrected chi connectivity index (χ3v) is 2.62. The molecule has 0 fully saturated rings. The molecule has 0 saturated carbocycles. The van der Waals surface area contributed by atoms with Crippen LogP contribution in [0.5, 0.6) is 0 Å². The lowest BCUT2D eigenvalue weighted by Gasteiger charge is -2.05. The fourth-order valence-electron chi connectivity index (χ4n) is 1.91. The van der Waals surface area contributed by atoms with E-state index in [4.69, 9.17) is 5.73 Å². The molecule has 0 aliphatic rings. The van der Waals surface area contributed by atoms with Crippen LogP contribution >= 0.6 is 0 Å². The number of rotatable bonds is 1. The molecular weight excluding hydrogens is 174 g/mol. The van der Waals surface area contributed by atoms with Crippen LogP contribution in [0.1, 0.15) is 24.0 Å². The first-order valence-electron chi connectivity index (χ1n) is 4.88. The molecule has 0 aromatic carbocycles. The highest BCUT2D eigenvalue weighted by Crippen LogP contribution is 2.20. The largest absolute Gasteiger partial charge is 0.396 e. The summed E-state index contributed by atoms with van der Waals surface area (Å²) in [4.78, 5) is 4.48. The number of anilines is 1. The molecule has 0 atom stereocenters. The number of imidazole rings is 1. The molecule has 0 spiro atoms. The van der Waals surface area contributed by atoms with Crippen molar-refractivity contribution in [2.75, 3.05) is 5.73 Å². The standard InChI is InChI=1S/C11H15N3/c1-4-10-8(3)13-11-9(12)6-5-7(2)14(10)11/h5-6H,4,12H2,1-3H3. The minimum Gasteiger partial charge on any atom is -0.396 e. The third kappa shape index (κ3) is 1.09. The third-order valence-electron chi connectivity index (χ3n) is 2.62. The van der Waals surface area contributed by atoms with E-state index in [-0.39, 0.29) is 0 Å². The monoisotopic (exact) mass is 189 g/mol. The van der Waals surface area contributed by atoms with E-state index >= 15 is 0 Å². The highest BCUT2D eigenvalue weighted by atomic mass is 15.0. The Balaban J connectivity index is 2.93. The fraction of sp³-hybridized carbons (Fsp3) is 0.364. The van der Waals surface area contributed by atoms with Crippen molar-refractivity contribution >= 4 is 11.3 Å². The maximum atomic E-state index is 5.88. The summed E-state index contributed by atoms with van der Waals surface area (Å²) in [7, 11) is 0. The van der Waals surface area contributed by atoms with Crippen LogP contribution in [0.3, 0.4) is 0 Å². The van der Waals surface area contributed by atoms with Gasteiger partial charge in [0.15, 0.2) is 5.65 Å². The van der Waals surface area contributed by atoms with Crippen LogP contribution in [0.2, 0.25) is 0 Å². The van der Waals surface area contributed by atoms with Gasteiger partial charge < -0.3 is 5.73 Å². The normalized spacial score (nSPS) is 11.1. The summed E-state index contributed by atoms with van der Waals surface area (Å²) in [6.45, 7) is 6.25. The van der Waals surface area contributed by atoms with Gasteiger partial charge in [0.2, 0.25) is 0 Å². The van der Waals surface area contributed by atoms with E-state index in [9.17, 15) is 0 Å². The molecule has 3 nitrogen and oxygen atoms in total. The van der Waals surface area contributed by atoms with Gasteiger partial charge in [-0.3, -0.25) is 4.40 Å². The number of nitrogens with zero attached hydrogens (tertiary/aromatic N) is 2. The van der Waals surface area contributed by atoms with Gasteiger partial charge in [-0.15, -0.1) is 0 Å². The minimum absolute atomic E-state index is 0.749. The fourth-order valence-corrected chi connectivity index (χ4v) is 1.91. The first-order valence-corrected chi connectivity index (χ1v) is 4.88. The number of hydrogen-bond donors (Lipinski definition) is 1. The van der Waals surface area contributed by atoms with E-state index in [1.165, 1.54) is 11.4 Å². The second kappa shape index (κ2) is 3.01. The van der Waals surface area contributed by atoms with Gasteiger partial charge in [-0.2, -0.15) is 0 Å². The Morgan fingerprint density at radius 3 is 2.71 bits per heavy atom. The molecule has 0 saturated heterocycles. The molecule has 2 heterocycles. The molecular formula is C11H15N3. The molecule has 2 aromatic heterocycles. The summed E-state index contributed by atoms with van der Waals surface area (Å²) in [6, 6.07) is 3.94. The molecule has 2 aromatic rings. The number of nitrogens with two attached hydrogens (primary N) is 1. The van der Waals surface area contributed by atoms with Crippen LogP contribution in [-0.2, 0) is 6.42 Å². The van der Waals surface area contributed by atoms with Crippen molar-refractivity contribution in [1.29, 1.82) is 0 Å². The molecule has 74 valence electrons. The molecule has 3 heteroatoms. The first kappa shape index (κ1) is 9.06. The summed E-state index contributed by atoms with van der Waals surface area (Å²) < 4.78 is 2.14. The van der Waals surface area contributed by atoms with E-state index in [0.29, 0.717) is 0 Å². The maximum Gasteiger partial charge on any atom is 0.160 e. The maximum absolute atomic E-state index is 5.88. The highest BCUT2D eigenvalue weighted by Gasteiger charge is 2.10. The quantitative estimate of drug-likeness (QED) is 0.746. The second-order valence-electron chi connectivity index (χ2n) is 3.59. The van der Waals surface area contributed by atoms with Crippen molar-refractivity contribution in [1.82, 2.24) is 9.38 Å². The van der Waals surface area contributed by atoms with E-state index in [0.717, 1.165) is 23.4 Å². The lowest BCUT2D eigenvalue weighted by Crippen LogP contribution is -1.99. The second-order valence-corrected chi connectivity index (χ2v) is 3.59. The Bertz CT molecular complexity index is 483. The van der Waals surface area contributed by atoms with E-state index in [1.807, 2.05) is 19.1 Å². The molecule has 0 unspecified atom stereocenters. The summed E-state index contributed by atoms with van der Waals surface area (Å²) in [5.41, 5.74) is 11.0. The van der Waals surface area contributed by atoms with Crippen molar-refractivity contribution in [3.63, 3.8) is 0 Å². The van der Waals surface area contributed by atoms with E-state index in [1.54, 1.807) is 0 Å². The predicted molar refractivity (Wildman–Crippen MR) is 58.5 cm³/mol. The highest BCUT2D eigenvalue weighted by molar-refractivity contribution is 5.66. The van der Waals surface area contributed by atoms with Crippen molar-refractivity contribution in [3.8, 4) is 0 Å². The molecule has 0 aliphatic carbocycles. The predicted octanol–water partition coefficient (Wildman–Crippen LogP) is 2.10. The Morgan fingerprint density at radius 1 is 1.36 bits per heavy atom. The molecule has 0 bridgehead atoms. The van der Waals surface area contributed by atoms with Gasteiger partial charge in [-0.25, -0.2) is 4.98 Å². The summed E-state index contributed by atoms with van der Waals surface area (Å²) in [6.07, 6.45) is 0.983. The van der Waals surface area contributed by atoms with Gasteiger partial charge in [-0.05, 0) is 32.4 Å². The molecule has 0 amide bonds. The van der Waals surface area contributed by atoms with Gasteiger partial charge in [0.05, 0.1) is 11.4 Å². The zero-order valence-electron chi connectivity index (χ0n) is 8.83. The molecule has 2 rings (SSSR count). The minimum atomic E-state index is 0.749. The lowest BCUT2D eigenvalue weighted by molar-refractivity contribution is 0.948. The van der Waals surface area contributed by atoms with Gasteiger partial charge in [0, 0.05) is 11.4 Å². The Labute approximate surface area is 83.6 Å². The van der Waals surface area contributed by atoms with Crippen molar-refractivity contribution in [3.05, 3.63) is 29.2 Å². The molecule has 0 radical (unpaired) electrons. The smallest absolute Gasteiger partial charge is 0.160 e. The van der Waals surface area contributed by atoms with Crippen LogP contribution < -0.4 is 5.73 Å². The number of nitrogen functional groups attached to an aromatic ring is 1. The zero-order chi connectivity index (χ0) is 10.3. The molecule has 14 heavy (non-hydrogen) atoms.